The van der Waals surface area contributed by atoms with E-state index < -0.39 is 7.26 Å². The van der Waals surface area contributed by atoms with Crippen LogP contribution < -0.4 is 0 Å². The zero-order valence-corrected chi connectivity index (χ0v) is 10.1. The van der Waals surface area contributed by atoms with Gasteiger partial charge in [0.05, 0.1) is 0 Å². The van der Waals surface area contributed by atoms with E-state index in [2.05, 4.69) is 41.0 Å². The van der Waals surface area contributed by atoms with Gasteiger partial charge in [-0.25, -0.2) is 0 Å². The number of hydrogen-bond acceptors (Lipinski definition) is 0. The molecule has 0 aromatic heterocycles. The minimum atomic E-state index is -0.910. The molecule has 0 aliphatic rings. The molecule has 0 saturated carbocycles. The Balaban J connectivity index is 4.18. The van der Waals surface area contributed by atoms with Crippen LogP contribution in [0.1, 0.15) is 40.5 Å². The van der Waals surface area contributed by atoms with Crippen LogP contribution in [-0.4, -0.2) is 24.6 Å². The van der Waals surface area contributed by atoms with Crippen LogP contribution in [0.25, 0.3) is 0 Å². The van der Waals surface area contributed by atoms with Crippen LogP contribution in [0.5, 0.6) is 0 Å². The second-order valence-corrected chi connectivity index (χ2v) is 10.1. The van der Waals surface area contributed by atoms with Crippen LogP contribution in [0.3, 0.4) is 0 Å². The van der Waals surface area contributed by atoms with Crippen LogP contribution >= 0.6 is 7.26 Å². The van der Waals surface area contributed by atoms with E-state index in [-0.39, 0.29) is 0 Å². The molecule has 0 nitrogen and oxygen atoms in total. The molecule has 0 amide bonds. The monoisotopic (exact) mass is 176 g/mol. The number of hydrogen-bond donors (Lipinski definition) is 0. The molecule has 0 saturated heterocycles. The molecule has 0 aromatic carbocycles. The third kappa shape index (κ3) is 2.75. The molecule has 0 fully saturated rings. The first-order valence-electron chi connectivity index (χ1n) is 4.96. The summed E-state index contributed by atoms with van der Waals surface area (Å²) >= 11 is 0. The van der Waals surface area contributed by atoms with Crippen LogP contribution in [0, 0.1) is 0 Å². The van der Waals surface area contributed by atoms with Crippen molar-refractivity contribution in [2.45, 2.75) is 51.9 Å². The van der Waals surface area contributed by atoms with Gasteiger partial charge in [0.15, 0.2) is 0 Å². The zero-order valence-electron chi connectivity index (χ0n) is 9.07. The van der Waals surface area contributed by atoms with E-state index in [9.17, 15) is 0 Å². The van der Waals surface area contributed by atoms with Crippen molar-refractivity contribution in [3.8, 4) is 0 Å². The van der Waals surface area contributed by atoms with Crippen molar-refractivity contribution in [1.82, 2.24) is 0 Å². The second kappa shape index (κ2) is 4.45. The molecule has 11 heavy (non-hydrogen) atoms. The quantitative estimate of drug-likeness (QED) is 0.574. The van der Waals surface area contributed by atoms with Crippen LogP contribution in [0.15, 0.2) is 0 Å². The molecule has 0 rings (SSSR count). The fourth-order valence-corrected chi connectivity index (χ4v) is 4.61. The van der Waals surface area contributed by atoms with Gasteiger partial charge in [0.25, 0.3) is 0 Å². The molecule has 70 valence electrons. The van der Waals surface area contributed by atoms with E-state index in [1.807, 2.05) is 0 Å². The van der Waals surface area contributed by atoms with Gasteiger partial charge in [-0.15, -0.1) is 0 Å². The first kappa shape index (κ1) is 11.4. The average Bonchev–Trinajstić information content (AvgIpc) is 2.01. The summed E-state index contributed by atoms with van der Waals surface area (Å²) in [5, 5.41) is 0. The predicted molar refractivity (Wildman–Crippen MR) is 59.7 cm³/mol. The van der Waals surface area contributed by atoms with Gasteiger partial charge in [-0.1, -0.05) is 0 Å². The summed E-state index contributed by atoms with van der Waals surface area (Å²) in [6, 6.07) is 0. The zero-order chi connectivity index (χ0) is 9.07. The van der Waals surface area contributed by atoms with Crippen molar-refractivity contribution in [1.29, 1.82) is 0 Å². The van der Waals surface area contributed by atoms with Crippen molar-refractivity contribution < 1.29 is 0 Å². The molecule has 0 aliphatic heterocycles. The maximum atomic E-state index is 2.54. The second-order valence-electron chi connectivity index (χ2n) is 4.44. The van der Waals surface area contributed by atoms with Gasteiger partial charge in [-0.05, 0) is 0 Å². The average molecular weight is 176 g/mol. The third-order valence-corrected chi connectivity index (χ3v) is 9.66. The molecule has 2 atom stereocenters. The molecule has 0 N–H and O–H groups in total. The SMILES string of the molecule is CCC(C)[PH](C)(C)C(C)CC. The van der Waals surface area contributed by atoms with Crippen molar-refractivity contribution >= 4 is 7.26 Å². The van der Waals surface area contributed by atoms with E-state index >= 15 is 0 Å². The van der Waals surface area contributed by atoms with Gasteiger partial charge in [-0.2, -0.15) is 0 Å². The van der Waals surface area contributed by atoms with Crippen molar-refractivity contribution in [2.75, 3.05) is 13.3 Å². The Morgan fingerprint density at radius 3 is 1.36 bits per heavy atom. The van der Waals surface area contributed by atoms with Gasteiger partial charge in [0.2, 0.25) is 0 Å². The van der Waals surface area contributed by atoms with Gasteiger partial charge in [0, 0.05) is 0 Å². The Kier molecular flexibility index (Phi) is 4.63. The Morgan fingerprint density at radius 1 is 0.909 bits per heavy atom. The van der Waals surface area contributed by atoms with E-state index in [1.54, 1.807) is 0 Å². The molecule has 0 spiro atoms. The maximum absolute atomic E-state index is 2.54. The molecule has 0 aromatic rings. The van der Waals surface area contributed by atoms with Crippen molar-refractivity contribution in [3.63, 3.8) is 0 Å². The van der Waals surface area contributed by atoms with E-state index in [0.29, 0.717) is 0 Å². The fourth-order valence-electron chi connectivity index (χ4n) is 1.54. The van der Waals surface area contributed by atoms with Gasteiger partial charge < -0.3 is 0 Å². The summed E-state index contributed by atoms with van der Waals surface area (Å²) in [6.07, 6.45) is 2.73. The van der Waals surface area contributed by atoms with Crippen LogP contribution in [-0.2, 0) is 0 Å². The van der Waals surface area contributed by atoms with Crippen molar-refractivity contribution in [2.24, 2.45) is 0 Å². The summed E-state index contributed by atoms with van der Waals surface area (Å²) in [6.45, 7) is 14.6. The standard InChI is InChI=1S/C10H25P/c1-7-9(3)11(5,6)10(4)8-2/h9-11H,7-8H2,1-6H3. The molecular weight excluding hydrogens is 151 g/mol. The Morgan fingerprint density at radius 2 is 1.18 bits per heavy atom. The summed E-state index contributed by atoms with van der Waals surface area (Å²) < 4.78 is 0. The Labute approximate surface area is 73.1 Å². The molecule has 2 unspecified atom stereocenters. The van der Waals surface area contributed by atoms with E-state index in [1.165, 1.54) is 12.8 Å². The van der Waals surface area contributed by atoms with Crippen molar-refractivity contribution in [3.05, 3.63) is 0 Å². The van der Waals surface area contributed by atoms with Gasteiger partial charge >= 0.3 is 72.4 Å². The van der Waals surface area contributed by atoms with Crippen LogP contribution in [0.4, 0.5) is 0 Å². The van der Waals surface area contributed by atoms with Gasteiger partial charge in [0.1, 0.15) is 0 Å². The first-order chi connectivity index (χ1) is 4.96. The van der Waals surface area contributed by atoms with Crippen LogP contribution in [0.2, 0.25) is 0 Å². The minimum absolute atomic E-state index is 0.910. The summed E-state index contributed by atoms with van der Waals surface area (Å²) in [4.78, 5) is 0. The summed E-state index contributed by atoms with van der Waals surface area (Å²) in [5.41, 5.74) is 1.97. The molecule has 0 radical (unpaired) electrons. The molecular formula is C10H25P. The number of rotatable bonds is 4. The topological polar surface area (TPSA) is 0 Å². The Bertz CT molecular complexity index is 95.4. The van der Waals surface area contributed by atoms with E-state index in [0.717, 1.165) is 11.3 Å². The first-order valence-corrected chi connectivity index (χ1v) is 8.12. The molecule has 0 bridgehead atoms. The molecule has 0 aliphatic carbocycles. The summed E-state index contributed by atoms with van der Waals surface area (Å²) in [7, 11) is -0.910. The fraction of sp³-hybridized carbons (Fsp3) is 1.00. The van der Waals surface area contributed by atoms with E-state index in [4.69, 9.17) is 0 Å². The molecule has 0 heterocycles. The normalized spacial score (nSPS) is 19.5. The predicted octanol–water partition coefficient (Wildman–Crippen LogP) is 3.59. The summed E-state index contributed by atoms with van der Waals surface area (Å²) in [5.74, 6) is 0. The Hall–Kier alpha value is 0.430. The molecule has 1 heteroatoms. The third-order valence-electron chi connectivity index (χ3n) is 3.76. The van der Waals surface area contributed by atoms with Gasteiger partial charge in [-0.3, -0.25) is 0 Å².